The van der Waals surface area contributed by atoms with Crippen LogP contribution in [0.15, 0.2) is 0 Å². The van der Waals surface area contributed by atoms with E-state index < -0.39 is 0 Å². The molecular formula is C10H19NO2. The fourth-order valence-corrected chi connectivity index (χ4v) is 3.00. The lowest BCUT2D eigenvalue weighted by Crippen LogP contribution is -2.46. The first-order valence-electron chi connectivity index (χ1n) is 5.19. The molecule has 3 nitrogen and oxygen atoms in total. The molecular weight excluding hydrogens is 166 g/mol. The lowest BCUT2D eigenvalue weighted by atomic mass is 9.95. The van der Waals surface area contributed by atoms with Crippen LogP contribution in [0.5, 0.6) is 0 Å². The number of hydrogen-bond donors (Lipinski definition) is 1. The molecule has 0 bridgehead atoms. The van der Waals surface area contributed by atoms with Gasteiger partial charge in [0.15, 0.2) is 0 Å². The van der Waals surface area contributed by atoms with Crippen molar-refractivity contribution in [2.24, 2.45) is 0 Å². The zero-order valence-corrected chi connectivity index (χ0v) is 8.33. The van der Waals surface area contributed by atoms with Crippen molar-refractivity contribution in [3.8, 4) is 0 Å². The van der Waals surface area contributed by atoms with E-state index in [9.17, 15) is 5.11 Å². The van der Waals surface area contributed by atoms with Gasteiger partial charge in [-0.25, -0.2) is 0 Å². The number of rotatable bonds is 3. The van der Waals surface area contributed by atoms with E-state index in [1.54, 1.807) is 7.11 Å². The summed E-state index contributed by atoms with van der Waals surface area (Å²) < 4.78 is 5.20. The first-order chi connectivity index (χ1) is 6.32. The Kier molecular flexibility index (Phi) is 2.58. The van der Waals surface area contributed by atoms with E-state index >= 15 is 0 Å². The van der Waals surface area contributed by atoms with Crippen molar-refractivity contribution in [1.82, 2.24) is 4.90 Å². The number of aliphatic hydroxyl groups excluding tert-OH is 1. The molecule has 0 radical (unpaired) electrons. The van der Waals surface area contributed by atoms with Crippen LogP contribution in [-0.4, -0.2) is 48.5 Å². The second kappa shape index (κ2) is 3.56. The third-order valence-electron chi connectivity index (χ3n) is 3.69. The fraction of sp³-hybridized carbons (Fsp3) is 1.00. The van der Waals surface area contributed by atoms with Crippen molar-refractivity contribution >= 4 is 0 Å². The van der Waals surface area contributed by atoms with E-state index in [-0.39, 0.29) is 5.54 Å². The Hall–Kier alpha value is -0.120. The second-order valence-electron chi connectivity index (χ2n) is 4.33. The SMILES string of the molecule is COCC1CCC2(CO)CCCN12. The van der Waals surface area contributed by atoms with Gasteiger partial charge >= 0.3 is 0 Å². The topological polar surface area (TPSA) is 32.7 Å². The molecule has 2 aliphatic heterocycles. The van der Waals surface area contributed by atoms with Crippen molar-refractivity contribution in [1.29, 1.82) is 0 Å². The molecule has 2 heterocycles. The Labute approximate surface area is 79.7 Å². The third-order valence-corrected chi connectivity index (χ3v) is 3.69. The van der Waals surface area contributed by atoms with E-state index in [4.69, 9.17) is 4.74 Å². The molecule has 2 unspecified atom stereocenters. The van der Waals surface area contributed by atoms with Gasteiger partial charge in [0.05, 0.1) is 13.2 Å². The quantitative estimate of drug-likeness (QED) is 0.699. The summed E-state index contributed by atoms with van der Waals surface area (Å²) in [6.07, 6.45) is 4.75. The highest BCUT2D eigenvalue weighted by atomic mass is 16.5. The molecule has 0 aromatic rings. The second-order valence-corrected chi connectivity index (χ2v) is 4.33. The normalized spacial score (nSPS) is 39.7. The Bertz CT molecular complexity index is 186. The lowest BCUT2D eigenvalue weighted by Gasteiger charge is -2.33. The Balaban J connectivity index is 2.06. The minimum absolute atomic E-state index is 0.128. The first-order valence-corrected chi connectivity index (χ1v) is 5.19. The van der Waals surface area contributed by atoms with Crippen LogP contribution >= 0.6 is 0 Å². The molecule has 0 saturated carbocycles. The van der Waals surface area contributed by atoms with E-state index in [1.807, 2.05) is 0 Å². The molecule has 0 aliphatic carbocycles. The zero-order valence-electron chi connectivity index (χ0n) is 8.33. The average Bonchev–Trinajstić information content (AvgIpc) is 2.67. The van der Waals surface area contributed by atoms with Gasteiger partial charge in [0.25, 0.3) is 0 Å². The minimum Gasteiger partial charge on any atom is -0.394 e. The van der Waals surface area contributed by atoms with Crippen LogP contribution in [0.25, 0.3) is 0 Å². The number of methoxy groups -OCH3 is 1. The van der Waals surface area contributed by atoms with E-state index in [2.05, 4.69) is 4.90 Å². The number of nitrogens with zero attached hydrogens (tertiary/aromatic N) is 1. The van der Waals surface area contributed by atoms with Crippen molar-refractivity contribution in [2.75, 3.05) is 26.9 Å². The summed E-state index contributed by atoms with van der Waals surface area (Å²) in [6, 6.07) is 0.555. The predicted octanol–water partition coefficient (Wildman–Crippen LogP) is 0.622. The Morgan fingerprint density at radius 1 is 1.54 bits per heavy atom. The molecule has 1 N–H and O–H groups in total. The summed E-state index contributed by atoms with van der Waals surface area (Å²) in [5.74, 6) is 0. The van der Waals surface area contributed by atoms with Crippen LogP contribution in [0.3, 0.4) is 0 Å². The van der Waals surface area contributed by atoms with Gasteiger partial charge in [-0.05, 0) is 32.2 Å². The largest absolute Gasteiger partial charge is 0.394 e. The van der Waals surface area contributed by atoms with Crippen LogP contribution in [0.2, 0.25) is 0 Å². The smallest absolute Gasteiger partial charge is 0.0618 e. The standard InChI is InChI=1S/C10H19NO2/c1-13-7-9-3-5-10(8-12)4-2-6-11(9)10/h9,12H,2-8H2,1H3. The molecule has 2 rings (SSSR count). The molecule has 2 saturated heterocycles. The van der Waals surface area contributed by atoms with Gasteiger partial charge in [-0.3, -0.25) is 4.90 Å². The maximum absolute atomic E-state index is 9.43. The van der Waals surface area contributed by atoms with Gasteiger partial charge in [-0.1, -0.05) is 0 Å². The van der Waals surface area contributed by atoms with Crippen molar-refractivity contribution in [2.45, 2.75) is 37.3 Å². The molecule has 0 aromatic heterocycles. The van der Waals surface area contributed by atoms with Gasteiger partial charge < -0.3 is 9.84 Å². The molecule has 0 aromatic carbocycles. The van der Waals surface area contributed by atoms with Crippen molar-refractivity contribution in [3.63, 3.8) is 0 Å². The van der Waals surface area contributed by atoms with Gasteiger partial charge in [-0.15, -0.1) is 0 Å². The lowest BCUT2D eigenvalue weighted by molar-refractivity contribution is 0.0476. The van der Waals surface area contributed by atoms with Crippen LogP contribution in [0.1, 0.15) is 25.7 Å². The van der Waals surface area contributed by atoms with Gasteiger partial charge in [0.2, 0.25) is 0 Å². The Morgan fingerprint density at radius 2 is 2.38 bits per heavy atom. The van der Waals surface area contributed by atoms with Gasteiger partial charge in [0, 0.05) is 18.7 Å². The summed E-state index contributed by atoms with van der Waals surface area (Å²) in [5.41, 5.74) is 0.128. The molecule has 2 aliphatic rings. The number of aliphatic hydroxyl groups is 1. The summed E-state index contributed by atoms with van der Waals surface area (Å²) in [4.78, 5) is 2.47. The zero-order chi connectivity index (χ0) is 9.31. The monoisotopic (exact) mass is 185 g/mol. The highest BCUT2D eigenvalue weighted by Gasteiger charge is 2.48. The molecule has 76 valence electrons. The third kappa shape index (κ3) is 1.39. The van der Waals surface area contributed by atoms with E-state index in [1.165, 1.54) is 19.3 Å². The van der Waals surface area contributed by atoms with Crippen LogP contribution in [-0.2, 0) is 4.74 Å². The maximum Gasteiger partial charge on any atom is 0.0618 e. The van der Waals surface area contributed by atoms with Crippen molar-refractivity contribution < 1.29 is 9.84 Å². The summed E-state index contributed by atoms with van der Waals surface area (Å²) in [5, 5.41) is 9.43. The van der Waals surface area contributed by atoms with E-state index in [0.717, 1.165) is 19.6 Å². The highest BCUT2D eigenvalue weighted by molar-refractivity contribution is 5.03. The summed E-state index contributed by atoms with van der Waals surface area (Å²) in [6.45, 7) is 2.30. The summed E-state index contributed by atoms with van der Waals surface area (Å²) in [7, 11) is 1.76. The molecule has 3 heteroatoms. The van der Waals surface area contributed by atoms with Crippen LogP contribution in [0, 0.1) is 0 Å². The fourth-order valence-electron chi connectivity index (χ4n) is 3.00. The predicted molar refractivity (Wildman–Crippen MR) is 50.7 cm³/mol. The van der Waals surface area contributed by atoms with Gasteiger partial charge in [-0.2, -0.15) is 0 Å². The minimum atomic E-state index is 0.128. The molecule has 2 fully saturated rings. The molecule has 0 spiro atoms. The average molecular weight is 185 g/mol. The van der Waals surface area contributed by atoms with Crippen LogP contribution < -0.4 is 0 Å². The van der Waals surface area contributed by atoms with E-state index in [0.29, 0.717) is 12.6 Å². The number of hydrogen-bond acceptors (Lipinski definition) is 3. The highest BCUT2D eigenvalue weighted by Crippen LogP contribution is 2.41. The van der Waals surface area contributed by atoms with Gasteiger partial charge in [0.1, 0.15) is 0 Å². The number of fused-ring (bicyclic) bond motifs is 1. The summed E-state index contributed by atoms with van der Waals surface area (Å²) >= 11 is 0. The van der Waals surface area contributed by atoms with Crippen molar-refractivity contribution in [3.05, 3.63) is 0 Å². The number of ether oxygens (including phenoxy) is 1. The molecule has 2 atom stereocenters. The molecule has 13 heavy (non-hydrogen) atoms. The first kappa shape index (κ1) is 9.44. The Morgan fingerprint density at radius 3 is 3.08 bits per heavy atom. The van der Waals surface area contributed by atoms with Crippen LogP contribution in [0.4, 0.5) is 0 Å². The maximum atomic E-state index is 9.43. The molecule has 0 amide bonds.